The Bertz CT molecular complexity index is 836. The molecule has 0 aliphatic rings. The third-order valence-electron chi connectivity index (χ3n) is 3.88. The second-order valence-corrected chi connectivity index (χ2v) is 7.11. The molecule has 0 unspecified atom stereocenters. The highest BCUT2D eigenvalue weighted by Gasteiger charge is 2.08. The largest absolute Gasteiger partial charge is 0.497 e. The summed E-state index contributed by atoms with van der Waals surface area (Å²) in [6.45, 7) is 2.07. The number of nitrogens with one attached hydrogen (secondary N) is 2. The van der Waals surface area contributed by atoms with Crippen LogP contribution in [0.15, 0.2) is 42.5 Å². The van der Waals surface area contributed by atoms with E-state index < -0.39 is 0 Å². The summed E-state index contributed by atoms with van der Waals surface area (Å²) in [5.74, 6) is 1.39. The molecule has 0 fully saturated rings. The van der Waals surface area contributed by atoms with E-state index in [9.17, 15) is 4.79 Å². The fraction of sp³-hybridized carbons (Fsp3) is 0.263. The lowest BCUT2D eigenvalue weighted by atomic mass is 10.1. The lowest BCUT2D eigenvalue weighted by Crippen LogP contribution is -2.11. The van der Waals surface area contributed by atoms with Crippen molar-refractivity contribution in [3.05, 3.63) is 52.9 Å². The molecule has 1 aromatic carbocycles. The van der Waals surface area contributed by atoms with Crippen molar-refractivity contribution in [1.82, 2.24) is 10.2 Å². The SMILES string of the molecule is COc1ccc(CCCC(=O)Nc2cc(-c3ccc(C)s3)[nH]n2)cc1. The Morgan fingerprint density at radius 2 is 2.04 bits per heavy atom. The summed E-state index contributed by atoms with van der Waals surface area (Å²) in [4.78, 5) is 14.4. The van der Waals surface area contributed by atoms with Gasteiger partial charge in [-0.1, -0.05) is 12.1 Å². The molecular weight excluding hydrogens is 334 g/mol. The predicted molar refractivity (Wildman–Crippen MR) is 101 cm³/mol. The van der Waals surface area contributed by atoms with E-state index in [0.717, 1.165) is 29.2 Å². The van der Waals surface area contributed by atoms with Crippen molar-refractivity contribution in [1.29, 1.82) is 0 Å². The quantitative estimate of drug-likeness (QED) is 0.659. The number of carbonyl (C=O) groups is 1. The number of thiophene rings is 1. The van der Waals surface area contributed by atoms with E-state index in [0.29, 0.717) is 12.2 Å². The Labute approximate surface area is 151 Å². The molecule has 2 heterocycles. The zero-order chi connectivity index (χ0) is 17.6. The number of rotatable bonds is 7. The Balaban J connectivity index is 1.47. The van der Waals surface area contributed by atoms with Crippen molar-refractivity contribution in [2.24, 2.45) is 0 Å². The normalized spacial score (nSPS) is 10.6. The van der Waals surface area contributed by atoms with Crippen molar-refractivity contribution < 1.29 is 9.53 Å². The molecule has 0 saturated heterocycles. The van der Waals surface area contributed by atoms with E-state index in [-0.39, 0.29) is 5.91 Å². The molecular formula is C19H21N3O2S. The van der Waals surface area contributed by atoms with Crippen LogP contribution in [0.2, 0.25) is 0 Å². The summed E-state index contributed by atoms with van der Waals surface area (Å²) in [6, 6.07) is 13.9. The number of methoxy groups -OCH3 is 1. The minimum absolute atomic E-state index is 0.0195. The first-order valence-electron chi connectivity index (χ1n) is 8.19. The molecule has 1 amide bonds. The van der Waals surface area contributed by atoms with Crippen molar-refractivity contribution in [3.63, 3.8) is 0 Å². The summed E-state index contributed by atoms with van der Waals surface area (Å²) in [5.41, 5.74) is 2.12. The smallest absolute Gasteiger partial charge is 0.225 e. The van der Waals surface area contributed by atoms with E-state index in [2.05, 4.69) is 28.5 Å². The van der Waals surface area contributed by atoms with Crippen LogP contribution in [0.1, 0.15) is 23.3 Å². The molecule has 0 saturated carbocycles. The van der Waals surface area contributed by atoms with Crippen LogP contribution in [0.3, 0.4) is 0 Å². The molecule has 2 aromatic heterocycles. The summed E-state index contributed by atoms with van der Waals surface area (Å²) >= 11 is 1.69. The van der Waals surface area contributed by atoms with Gasteiger partial charge in [-0.05, 0) is 49.6 Å². The molecule has 6 heteroatoms. The Morgan fingerprint density at radius 1 is 1.24 bits per heavy atom. The summed E-state index contributed by atoms with van der Waals surface area (Å²) < 4.78 is 5.14. The van der Waals surface area contributed by atoms with Gasteiger partial charge in [0.25, 0.3) is 0 Å². The number of amides is 1. The highest BCUT2D eigenvalue weighted by molar-refractivity contribution is 7.15. The van der Waals surface area contributed by atoms with Crippen LogP contribution in [-0.4, -0.2) is 23.2 Å². The maximum Gasteiger partial charge on any atom is 0.225 e. The molecule has 0 atom stereocenters. The number of aromatic amines is 1. The first-order valence-corrected chi connectivity index (χ1v) is 9.00. The average Bonchev–Trinajstić information content (AvgIpc) is 3.24. The van der Waals surface area contributed by atoms with E-state index in [1.165, 1.54) is 10.4 Å². The Kier molecular flexibility index (Phi) is 5.50. The minimum Gasteiger partial charge on any atom is -0.497 e. The van der Waals surface area contributed by atoms with Gasteiger partial charge in [0, 0.05) is 17.4 Å². The molecule has 0 aliphatic heterocycles. The Hall–Kier alpha value is -2.60. The maximum absolute atomic E-state index is 12.1. The van der Waals surface area contributed by atoms with Crippen LogP contribution >= 0.6 is 11.3 Å². The lowest BCUT2D eigenvalue weighted by molar-refractivity contribution is -0.116. The number of carbonyl (C=O) groups excluding carboxylic acids is 1. The number of hydrogen-bond donors (Lipinski definition) is 2. The third kappa shape index (κ3) is 4.70. The molecule has 3 aromatic rings. The van der Waals surface area contributed by atoms with Gasteiger partial charge in [0.05, 0.1) is 17.7 Å². The van der Waals surface area contributed by atoms with Crippen molar-refractivity contribution in [2.45, 2.75) is 26.2 Å². The molecule has 130 valence electrons. The maximum atomic E-state index is 12.1. The summed E-state index contributed by atoms with van der Waals surface area (Å²) in [6.07, 6.45) is 2.11. The van der Waals surface area contributed by atoms with Gasteiger partial charge in [-0.3, -0.25) is 9.89 Å². The highest BCUT2D eigenvalue weighted by Crippen LogP contribution is 2.27. The number of H-pyrrole nitrogens is 1. The molecule has 3 rings (SSSR count). The first-order chi connectivity index (χ1) is 12.1. The zero-order valence-electron chi connectivity index (χ0n) is 14.3. The van der Waals surface area contributed by atoms with Crippen LogP contribution in [0, 0.1) is 6.92 Å². The van der Waals surface area contributed by atoms with Gasteiger partial charge in [0.15, 0.2) is 5.82 Å². The number of ether oxygens (including phenoxy) is 1. The second-order valence-electron chi connectivity index (χ2n) is 5.83. The van der Waals surface area contributed by atoms with Crippen molar-refractivity contribution >= 4 is 23.1 Å². The van der Waals surface area contributed by atoms with Gasteiger partial charge < -0.3 is 10.1 Å². The fourth-order valence-electron chi connectivity index (χ4n) is 2.54. The van der Waals surface area contributed by atoms with E-state index in [1.807, 2.05) is 36.4 Å². The third-order valence-corrected chi connectivity index (χ3v) is 4.91. The monoisotopic (exact) mass is 355 g/mol. The summed E-state index contributed by atoms with van der Waals surface area (Å²) in [5, 5.41) is 9.98. The van der Waals surface area contributed by atoms with Crippen molar-refractivity contribution in [2.75, 3.05) is 12.4 Å². The number of aromatic nitrogens is 2. The van der Waals surface area contributed by atoms with Gasteiger partial charge in [0.1, 0.15) is 5.75 Å². The van der Waals surface area contributed by atoms with E-state index >= 15 is 0 Å². The summed E-state index contributed by atoms with van der Waals surface area (Å²) in [7, 11) is 1.65. The molecule has 0 bridgehead atoms. The van der Waals surface area contributed by atoms with Crippen LogP contribution in [-0.2, 0) is 11.2 Å². The number of anilines is 1. The minimum atomic E-state index is -0.0195. The standard InChI is InChI=1S/C19H21N3O2S/c1-13-6-11-17(25-13)16-12-18(22-21-16)20-19(23)5-3-4-14-7-9-15(24-2)10-8-14/h6-12H,3-5H2,1-2H3,(H2,20,21,22,23). The molecule has 2 N–H and O–H groups in total. The number of nitrogens with zero attached hydrogens (tertiary/aromatic N) is 1. The molecule has 0 radical (unpaired) electrons. The van der Waals surface area contributed by atoms with Gasteiger partial charge in [-0.15, -0.1) is 11.3 Å². The average molecular weight is 355 g/mol. The molecule has 5 nitrogen and oxygen atoms in total. The topological polar surface area (TPSA) is 67.0 Å². The van der Waals surface area contributed by atoms with Gasteiger partial charge in [-0.2, -0.15) is 5.10 Å². The molecule has 25 heavy (non-hydrogen) atoms. The van der Waals surface area contributed by atoms with Gasteiger partial charge in [-0.25, -0.2) is 0 Å². The van der Waals surface area contributed by atoms with E-state index in [1.54, 1.807) is 18.4 Å². The van der Waals surface area contributed by atoms with Crippen LogP contribution < -0.4 is 10.1 Å². The molecule has 0 aliphatic carbocycles. The number of benzene rings is 1. The first kappa shape index (κ1) is 17.2. The van der Waals surface area contributed by atoms with Crippen LogP contribution in [0.25, 0.3) is 10.6 Å². The lowest BCUT2D eigenvalue weighted by Gasteiger charge is -2.04. The van der Waals surface area contributed by atoms with Gasteiger partial charge in [0.2, 0.25) is 5.91 Å². The van der Waals surface area contributed by atoms with Crippen LogP contribution in [0.5, 0.6) is 5.75 Å². The zero-order valence-corrected chi connectivity index (χ0v) is 15.2. The molecule has 0 spiro atoms. The predicted octanol–water partition coefficient (Wildman–Crippen LogP) is 4.42. The Morgan fingerprint density at radius 3 is 2.72 bits per heavy atom. The van der Waals surface area contributed by atoms with E-state index in [4.69, 9.17) is 4.74 Å². The number of hydrogen-bond acceptors (Lipinski definition) is 4. The highest BCUT2D eigenvalue weighted by atomic mass is 32.1. The number of aryl methyl sites for hydroxylation is 2. The fourth-order valence-corrected chi connectivity index (χ4v) is 3.38. The van der Waals surface area contributed by atoms with Crippen LogP contribution in [0.4, 0.5) is 5.82 Å². The second kappa shape index (κ2) is 7.98. The van der Waals surface area contributed by atoms with Gasteiger partial charge >= 0.3 is 0 Å². The van der Waals surface area contributed by atoms with Crippen molar-refractivity contribution in [3.8, 4) is 16.3 Å².